The van der Waals surface area contributed by atoms with Crippen molar-refractivity contribution in [2.24, 2.45) is 0 Å². The second-order valence-corrected chi connectivity index (χ2v) is 3.48. The molecule has 0 unspecified atom stereocenters. The molecule has 0 amide bonds. The van der Waals surface area contributed by atoms with Crippen LogP contribution in [0.5, 0.6) is 0 Å². The fourth-order valence-electron chi connectivity index (χ4n) is 1.82. The highest BCUT2D eigenvalue weighted by Crippen LogP contribution is 2.32. The first-order valence-electron chi connectivity index (χ1n) is 5.00. The minimum atomic E-state index is -1.07. The first-order chi connectivity index (χ1) is 7.72. The van der Waals surface area contributed by atoms with Crippen LogP contribution in [-0.4, -0.2) is 45.3 Å². The molecule has 2 rings (SSSR count). The predicted octanol–water partition coefficient (Wildman–Crippen LogP) is 0.414. The lowest BCUT2D eigenvalue weighted by atomic mass is 9.97. The number of carbonyl (C=O) groups is 1. The van der Waals surface area contributed by atoms with E-state index in [1.54, 1.807) is 6.08 Å². The van der Waals surface area contributed by atoms with Crippen LogP contribution >= 0.6 is 0 Å². The fourth-order valence-corrected chi connectivity index (χ4v) is 1.82. The maximum atomic E-state index is 11.4. The summed E-state index contributed by atoms with van der Waals surface area (Å²) in [5, 5.41) is 0. The van der Waals surface area contributed by atoms with Gasteiger partial charge in [-0.25, -0.2) is 0 Å². The second kappa shape index (κ2) is 4.47. The van der Waals surface area contributed by atoms with Gasteiger partial charge in [0.2, 0.25) is 5.79 Å². The molecule has 0 saturated carbocycles. The monoisotopic (exact) mass is 226 g/mol. The summed E-state index contributed by atoms with van der Waals surface area (Å²) < 4.78 is 21.3. The molecule has 1 aliphatic heterocycles. The summed E-state index contributed by atoms with van der Waals surface area (Å²) in [5.74, 6) is -1.19. The van der Waals surface area contributed by atoms with Crippen molar-refractivity contribution >= 4 is 5.78 Å². The van der Waals surface area contributed by atoms with E-state index in [4.69, 9.17) is 18.9 Å². The number of hydrogen-bond donors (Lipinski definition) is 0. The summed E-state index contributed by atoms with van der Waals surface area (Å²) in [4.78, 5) is 11.4. The lowest BCUT2D eigenvalue weighted by molar-refractivity contribution is -0.167. The third kappa shape index (κ3) is 1.82. The lowest BCUT2D eigenvalue weighted by Crippen LogP contribution is -2.41. The molecule has 88 valence electrons. The maximum Gasteiger partial charge on any atom is 0.216 e. The topological polar surface area (TPSA) is 54.0 Å². The Hall–Kier alpha value is -1.01. The van der Waals surface area contributed by atoms with Gasteiger partial charge in [-0.05, 0) is 18.2 Å². The molecule has 0 bridgehead atoms. The molecule has 0 spiro atoms. The van der Waals surface area contributed by atoms with Crippen LogP contribution in [-0.2, 0) is 23.7 Å². The van der Waals surface area contributed by atoms with E-state index in [1.165, 1.54) is 26.4 Å². The number of carbonyl (C=O) groups excluding carboxylic acids is 1. The smallest absolute Gasteiger partial charge is 0.216 e. The van der Waals surface area contributed by atoms with Crippen LogP contribution in [0.4, 0.5) is 0 Å². The molecule has 16 heavy (non-hydrogen) atoms. The van der Waals surface area contributed by atoms with Crippen LogP contribution in [0.15, 0.2) is 23.8 Å². The molecule has 0 aromatic heterocycles. The van der Waals surface area contributed by atoms with Crippen LogP contribution in [0, 0.1) is 0 Å². The van der Waals surface area contributed by atoms with Gasteiger partial charge in [-0.2, -0.15) is 0 Å². The summed E-state index contributed by atoms with van der Waals surface area (Å²) in [5.41, 5.74) is 0.544. The SMILES string of the molecule is COC1(OC)C=CC(=O)C=C1C1OCCO1. The average molecular weight is 226 g/mol. The maximum absolute atomic E-state index is 11.4. The van der Waals surface area contributed by atoms with Crippen LogP contribution in [0.1, 0.15) is 0 Å². The standard InChI is InChI=1S/C11H14O5/c1-13-11(14-2)4-3-8(12)7-9(11)10-15-5-6-16-10/h3-4,7,10H,5-6H2,1-2H3. The van der Waals surface area contributed by atoms with E-state index < -0.39 is 12.1 Å². The Labute approximate surface area is 93.6 Å². The number of methoxy groups -OCH3 is 2. The van der Waals surface area contributed by atoms with E-state index in [1.807, 2.05) is 0 Å². The number of rotatable bonds is 3. The number of ether oxygens (including phenoxy) is 4. The Balaban J connectivity index is 2.32. The normalized spacial score (nSPS) is 24.9. The summed E-state index contributed by atoms with van der Waals surface area (Å²) in [6, 6.07) is 0. The molecule has 1 saturated heterocycles. The van der Waals surface area contributed by atoms with E-state index in [-0.39, 0.29) is 5.78 Å². The molecule has 0 radical (unpaired) electrons. The third-order valence-electron chi connectivity index (χ3n) is 2.65. The molecule has 5 nitrogen and oxygen atoms in total. The Bertz CT molecular complexity index is 334. The first kappa shape index (κ1) is 11.5. The molecule has 0 aromatic rings. The van der Waals surface area contributed by atoms with Crippen LogP contribution in [0.2, 0.25) is 0 Å². The van der Waals surface area contributed by atoms with Gasteiger partial charge in [-0.1, -0.05) is 0 Å². The summed E-state index contributed by atoms with van der Waals surface area (Å²) >= 11 is 0. The van der Waals surface area contributed by atoms with Gasteiger partial charge in [0, 0.05) is 14.2 Å². The van der Waals surface area contributed by atoms with Crippen molar-refractivity contribution < 1.29 is 23.7 Å². The largest absolute Gasteiger partial charge is 0.346 e. The van der Waals surface area contributed by atoms with E-state index >= 15 is 0 Å². The Morgan fingerprint density at radius 2 is 1.94 bits per heavy atom. The lowest BCUT2D eigenvalue weighted by Gasteiger charge is -2.33. The van der Waals surface area contributed by atoms with E-state index in [9.17, 15) is 4.79 Å². The van der Waals surface area contributed by atoms with Gasteiger partial charge >= 0.3 is 0 Å². The van der Waals surface area contributed by atoms with Crippen LogP contribution in [0.3, 0.4) is 0 Å². The molecule has 5 heteroatoms. The number of allylic oxidation sites excluding steroid dienone is 2. The zero-order chi connectivity index (χ0) is 11.6. The number of hydrogen-bond acceptors (Lipinski definition) is 5. The molecule has 0 aromatic carbocycles. The van der Waals surface area contributed by atoms with Crippen molar-refractivity contribution in [3.8, 4) is 0 Å². The van der Waals surface area contributed by atoms with Crippen molar-refractivity contribution in [3.05, 3.63) is 23.8 Å². The molecular formula is C11H14O5. The van der Waals surface area contributed by atoms with Crippen molar-refractivity contribution in [1.29, 1.82) is 0 Å². The average Bonchev–Trinajstić information content (AvgIpc) is 2.83. The molecule has 1 heterocycles. The van der Waals surface area contributed by atoms with Gasteiger partial charge in [0.15, 0.2) is 12.1 Å². The minimum absolute atomic E-state index is 0.126. The molecule has 1 fully saturated rings. The van der Waals surface area contributed by atoms with Gasteiger partial charge in [0.1, 0.15) is 0 Å². The fraction of sp³-hybridized carbons (Fsp3) is 0.545. The van der Waals surface area contributed by atoms with Crippen LogP contribution in [0.25, 0.3) is 0 Å². The molecule has 1 aliphatic carbocycles. The van der Waals surface area contributed by atoms with E-state index in [0.717, 1.165) is 0 Å². The van der Waals surface area contributed by atoms with Crippen molar-refractivity contribution in [2.45, 2.75) is 12.1 Å². The van der Waals surface area contributed by atoms with Gasteiger partial charge in [0.05, 0.1) is 18.8 Å². The Morgan fingerprint density at radius 3 is 2.50 bits per heavy atom. The highest BCUT2D eigenvalue weighted by molar-refractivity contribution is 6.01. The van der Waals surface area contributed by atoms with E-state index in [2.05, 4.69) is 0 Å². The molecule has 0 N–H and O–H groups in total. The molecule has 2 aliphatic rings. The second-order valence-electron chi connectivity index (χ2n) is 3.48. The Kier molecular flexibility index (Phi) is 3.20. The molecular weight excluding hydrogens is 212 g/mol. The van der Waals surface area contributed by atoms with Crippen molar-refractivity contribution in [3.63, 3.8) is 0 Å². The van der Waals surface area contributed by atoms with E-state index in [0.29, 0.717) is 18.8 Å². The van der Waals surface area contributed by atoms with Gasteiger partial charge in [-0.15, -0.1) is 0 Å². The predicted molar refractivity (Wildman–Crippen MR) is 54.7 cm³/mol. The van der Waals surface area contributed by atoms with Gasteiger partial charge in [-0.3, -0.25) is 4.79 Å². The highest BCUT2D eigenvalue weighted by Gasteiger charge is 2.41. The first-order valence-corrected chi connectivity index (χ1v) is 5.00. The minimum Gasteiger partial charge on any atom is -0.346 e. The summed E-state index contributed by atoms with van der Waals surface area (Å²) in [7, 11) is 3.01. The molecule has 0 atom stereocenters. The zero-order valence-corrected chi connectivity index (χ0v) is 9.26. The van der Waals surface area contributed by atoms with Crippen molar-refractivity contribution in [1.82, 2.24) is 0 Å². The summed E-state index contributed by atoms with van der Waals surface area (Å²) in [6.07, 6.45) is 3.83. The third-order valence-corrected chi connectivity index (χ3v) is 2.65. The summed E-state index contributed by atoms with van der Waals surface area (Å²) in [6.45, 7) is 1.01. The van der Waals surface area contributed by atoms with Gasteiger partial charge < -0.3 is 18.9 Å². The highest BCUT2D eigenvalue weighted by atomic mass is 16.7. The van der Waals surface area contributed by atoms with Crippen LogP contribution < -0.4 is 0 Å². The number of ketones is 1. The quantitative estimate of drug-likeness (QED) is 0.652. The van der Waals surface area contributed by atoms with Gasteiger partial charge in [0.25, 0.3) is 0 Å². The Morgan fingerprint density at radius 1 is 1.31 bits per heavy atom. The van der Waals surface area contributed by atoms with Crippen molar-refractivity contribution in [2.75, 3.05) is 27.4 Å². The zero-order valence-electron chi connectivity index (χ0n) is 9.26.